The van der Waals surface area contributed by atoms with Gasteiger partial charge >= 0.3 is 5.97 Å². The number of rotatable bonds is 3. The van der Waals surface area contributed by atoms with E-state index in [0.29, 0.717) is 13.0 Å². The molecular formula is C16H16FN3O3. The van der Waals surface area contributed by atoms with E-state index in [2.05, 4.69) is 5.10 Å². The molecule has 1 aromatic carbocycles. The van der Waals surface area contributed by atoms with Crippen LogP contribution in [0.15, 0.2) is 36.5 Å². The number of halogens is 1. The van der Waals surface area contributed by atoms with E-state index in [1.54, 1.807) is 25.1 Å². The maximum atomic E-state index is 13.8. The number of amides is 1. The van der Waals surface area contributed by atoms with Crippen LogP contribution in [0.4, 0.5) is 4.39 Å². The molecule has 1 aliphatic rings. The van der Waals surface area contributed by atoms with Crippen molar-refractivity contribution >= 4 is 11.9 Å². The second-order valence-corrected chi connectivity index (χ2v) is 5.57. The van der Waals surface area contributed by atoms with Crippen molar-refractivity contribution in [1.82, 2.24) is 14.7 Å². The summed E-state index contributed by atoms with van der Waals surface area (Å²) in [6, 6.07) is 7.26. The summed E-state index contributed by atoms with van der Waals surface area (Å²) < 4.78 is 15.1. The van der Waals surface area contributed by atoms with Gasteiger partial charge in [-0.1, -0.05) is 12.1 Å². The Bertz CT molecular complexity index is 759. The highest BCUT2D eigenvalue weighted by molar-refractivity contribution is 5.93. The molecule has 1 N–H and O–H groups in total. The molecule has 1 saturated heterocycles. The van der Waals surface area contributed by atoms with Crippen molar-refractivity contribution in [2.24, 2.45) is 5.92 Å². The van der Waals surface area contributed by atoms with E-state index in [9.17, 15) is 14.0 Å². The second-order valence-electron chi connectivity index (χ2n) is 5.57. The van der Waals surface area contributed by atoms with Gasteiger partial charge in [-0.05, 0) is 31.5 Å². The van der Waals surface area contributed by atoms with Gasteiger partial charge in [0.1, 0.15) is 11.5 Å². The first-order valence-electron chi connectivity index (χ1n) is 7.33. The maximum Gasteiger partial charge on any atom is 0.308 e. The average molecular weight is 317 g/mol. The van der Waals surface area contributed by atoms with E-state index in [1.165, 1.54) is 27.9 Å². The summed E-state index contributed by atoms with van der Waals surface area (Å²) in [6.07, 6.45) is 1.94. The Morgan fingerprint density at radius 2 is 2.04 bits per heavy atom. The molecule has 1 aromatic heterocycles. The molecule has 0 saturated carbocycles. The van der Waals surface area contributed by atoms with E-state index in [-0.39, 0.29) is 17.3 Å². The van der Waals surface area contributed by atoms with Crippen molar-refractivity contribution in [1.29, 1.82) is 0 Å². The van der Waals surface area contributed by atoms with Gasteiger partial charge in [0.15, 0.2) is 5.69 Å². The zero-order chi connectivity index (χ0) is 16.6. The average Bonchev–Trinajstić information content (AvgIpc) is 3.14. The molecule has 2 unspecified atom stereocenters. The Morgan fingerprint density at radius 3 is 2.70 bits per heavy atom. The van der Waals surface area contributed by atoms with Crippen molar-refractivity contribution in [2.75, 3.05) is 6.54 Å². The third-order valence-electron chi connectivity index (χ3n) is 4.24. The van der Waals surface area contributed by atoms with Crippen LogP contribution in [0.5, 0.6) is 0 Å². The Hall–Kier alpha value is -2.70. The van der Waals surface area contributed by atoms with Crippen LogP contribution in [-0.4, -0.2) is 44.3 Å². The summed E-state index contributed by atoms with van der Waals surface area (Å²) in [7, 11) is 0. The first kappa shape index (κ1) is 15.2. The molecule has 3 rings (SSSR count). The molecule has 2 atom stereocenters. The lowest BCUT2D eigenvalue weighted by Crippen LogP contribution is -2.37. The van der Waals surface area contributed by atoms with Crippen LogP contribution in [0.25, 0.3) is 5.69 Å². The number of benzene rings is 1. The molecule has 1 amide bonds. The number of aliphatic carboxylic acids is 1. The number of carboxylic acids is 1. The van der Waals surface area contributed by atoms with Crippen LogP contribution in [0.3, 0.4) is 0 Å². The molecule has 1 aliphatic heterocycles. The monoisotopic (exact) mass is 317 g/mol. The molecule has 120 valence electrons. The number of hydrogen-bond donors (Lipinski definition) is 1. The number of para-hydroxylation sites is 1. The standard InChI is InChI=1S/C16H16FN3O3/c1-10-11(16(22)23)6-8-19(10)15(21)13-7-9-20(18-13)14-5-3-2-4-12(14)17/h2-5,7,9-11H,6,8H2,1H3,(H,22,23). The second kappa shape index (κ2) is 5.83. The predicted octanol–water partition coefficient (Wildman–Crippen LogP) is 1.95. The smallest absolute Gasteiger partial charge is 0.308 e. The molecule has 6 nitrogen and oxygen atoms in total. The third kappa shape index (κ3) is 2.69. The third-order valence-corrected chi connectivity index (χ3v) is 4.24. The molecular weight excluding hydrogens is 301 g/mol. The van der Waals surface area contributed by atoms with Gasteiger partial charge in [-0.25, -0.2) is 9.07 Å². The normalized spacial score (nSPS) is 20.7. The number of aromatic nitrogens is 2. The number of hydrogen-bond acceptors (Lipinski definition) is 3. The van der Waals surface area contributed by atoms with Crippen molar-refractivity contribution in [2.45, 2.75) is 19.4 Å². The highest BCUT2D eigenvalue weighted by Crippen LogP contribution is 2.26. The molecule has 0 aliphatic carbocycles. The first-order valence-corrected chi connectivity index (χ1v) is 7.33. The molecule has 0 spiro atoms. The zero-order valence-electron chi connectivity index (χ0n) is 12.5. The predicted molar refractivity (Wildman–Crippen MR) is 79.8 cm³/mol. The number of carbonyl (C=O) groups excluding carboxylic acids is 1. The summed E-state index contributed by atoms with van der Waals surface area (Å²) in [5.41, 5.74) is 0.426. The van der Waals surface area contributed by atoms with Gasteiger partial charge in [0.05, 0.1) is 5.92 Å². The lowest BCUT2D eigenvalue weighted by atomic mass is 10.0. The number of carboxylic acid groups (broad SMARTS) is 1. The molecule has 0 radical (unpaired) electrons. The lowest BCUT2D eigenvalue weighted by molar-refractivity contribution is -0.142. The summed E-state index contributed by atoms with van der Waals surface area (Å²) in [5, 5.41) is 13.3. The molecule has 0 bridgehead atoms. The highest BCUT2D eigenvalue weighted by Gasteiger charge is 2.38. The number of carbonyl (C=O) groups is 2. The summed E-state index contributed by atoms with van der Waals surface area (Å²) >= 11 is 0. The van der Waals surface area contributed by atoms with Gasteiger partial charge in [0, 0.05) is 18.8 Å². The van der Waals surface area contributed by atoms with E-state index in [4.69, 9.17) is 5.11 Å². The van der Waals surface area contributed by atoms with Crippen LogP contribution in [0.1, 0.15) is 23.8 Å². The van der Waals surface area contributed by atoms with Crippen LogP contribution >= 0.6 is 0 Å². The van der Waals surface area contributed by atoms with Crippen LogP contribution < -0.4 is 0 Å². The van der Waals surface area contributed by atoms with E-state index < -0.39 is 23.7 Å². The minimum Gasteiger partial charge on any atom is -0.481 e. The molecule has 7 heteroatoms. The largest absolute Gasteiger partial charge is 0.481 e. The van der Waals surface area contributed by atoms with Gasteiger partial charge in [0.2, 0.25) is 0 Å². The van der Waals surface area contributed by atoms with Gasteiger partial charge in [-0.15, -0.1) is 0 Å². The Labute approximate surface area is 132 Å². The Balaban J connectivity index is 1.82. The number of likely N-dealkylation sites (tertiary alicyclic amines) is 1. The molecule has 23 heavy (non-hydrogen) atoms. The number of nitrogens with zero attached hydrogens (tertiary/aromatic N) is 3. The zero-order valence-corrected chi connectivity index (χ0v) is 12.5. The highest BCUT2D eigenvalue weighted by atomic mass is 19.1. The van der Waals surface area contributed by atoms with Gasteiger partial charge in [-0.3, -0.25) is 9.59 Å². The fraction of sp³-hybridized carbons (Fsp3) is 0.312. The van der Waals surface area contributed by atoms with Crippen LogP contribution in [-0.2, 0) is 4.79 Å². The van der Waals surface area contributed by atoms with E-state index in [1.807, 2.05) is 0 Å². The minimum atomic E-state index is -0.898. The fourth-order valence-corrected chi connectivity index (χ4v) is 2.91. The van der Waals surface area contributed by atoms with Crippen molar-refractivity contribution in [3.8, 4) is 5.69 Å². The van der Waals surface area contributed by atoms with Gasteiger partial charge in [-0.2, -0.15) is 5.10 Å². The van der Waals surface area contributed by atoms with E-state index >= 15 is 0 Å². The van der Waals surface area contributed by atoms with Crippen LogP contribution in [0, 0.1) is 11.7 Å². The Kier molecular flexibility index (Phi) is 3.85. The first-order chi connectivity index (χ1) is 11.0. The van der Waals surface area contributed by atoms with Crippen molar-refractivity contribution < 1.29 is 19.1 Å². The van der Waals surface area contributed by atoms with Gasteiger partial charge < -0.3 is 10.0 Å². The summed E-state index contributed by atoms with van der Waals surface area (Å²) in [5.74, 6) is -2.23. The van der Waals surface area contributed by atoms with Gasteiger partial charge in [0.25, 0.3) is 5.91 Å². The quantitative estimate of drug-likeness (QED) is 0.939. The summed E-state index contributed by atoms with van der Waals surface area (Å²) in [6.45, 7) is 2.10. The SMILES string of the molecule is CC1C(C(=O)O)CCN1C(=O)c1ccn(-c2ccccc2F)n1. The fourth-order valence-electron chi connectivity index (χ4n) is 2.91. The lowest BCUT2D eigenvalue weighted by Gasteiger charge is -2.22. The topological polar surface area (TPSA) is 75.4 Å². The molecule has 1 fully saturated rings. The maximum absolute atomic E-state index is 13.8. The summed E-state index contributed by atoms with van der Waals surface area (Å²) in [4.78, 5) is 25.2. The van der Waals surface area contributed by atoms with Crippen LogP contribution in [0.2, 0.25) is 0 Å². The minimum absolute atomic E-state index is 0.172. The van der Waals surface area contributed by atoms with Crippen molar-refractivity contribution in [3.05, 3.63) is 48.0 Å². The van der Waals surface area contributed by atoms with E-state index in [0.717, 1.165) is 0 Å². The van der Waals surface area contributed by atoms with Crippen molar-refractivity contribution in [3.63, 3.8) is 0 Å². The Morgan fingerprint density at radius 1 is 1.30 bits per heavy atom. The molecule has 2 aromatic rings. The molecule has 2 heterocycles.